The summed E-state index contributed by atoms with van der Waals surface area (Å²) in [5.74, 6) is 0.453. The first-order chi connectivity index (χ1) is 13.3. The zero-order chi connectivity index (χ0) is 18.2. The number of rotatable bonds is 4. The Morgan fingerprint density at radius 2 is 1.63 bits per heavy atom. The molecule has 136 valence electrons. The summed E-state index contributed by atoms with van der Waals surface area (Å²) >= 11 is 1.43. The molecule has 0 unspecified atom stereocenters. The highest BCUT2D eigenvalue weighted by molar-refractivity contribution is 7.99. The molecular weight excluding hydrogens is 358 g/mol. The van der Waals surface area contributed by atoms with Gasteiger partial charge in [0.2, 0.25) is 11.1 Å². The highest BCUT2D eigenvalue weighted by Crippen LogP contribution is 2.37. The predicted octanol–water partition coefficient (Wildman–Crippen LogP) is 3.31. The number of fused-ring (bicyclic) bond motifs is 3. The van der Waals surface area contributed by atoms with Crippen LogP contribution < -0.4 is 0 Å². The van der Waals surface area contributed by atoms with E-state index in [1.54, 1.807) is 0 Å². The van der Waals surface area contributed by atoms with Gasteiger partial charge in [-0.3, -0.25) is 4.79 Å². The smallest absolute Gasteiger partial charge is 0.233 e. The molecule has 27 heavy (non-hydrogen) atoms. The number of thioether (sulfide) groups is 1. The third-order valence-corrected chi connectivity index (χ3v) is 6.00. The van der Waals surface area contributed by atoms with Gasteiger partial charge >= 0.3 is 0 Å². The van der Waals surface area contributed by atoms with E-state index in [1.165, 1.54) is 34.0 Å². The van der Waals surface area contributed by atoms with Gasteiger partial charge in [-0.2, -0.15) is 0 Å². The van der Waals surface area contributed by atoms with Gasteiger partial charge in [-0.25, -0.2) is 4.68 Å². The maximum atomic E-state index is 13.0. The van der Waals surface area contributed by atoms with Crippen molar-refractivity contribution in [2.75, 3.05) is 5.75 Å². The van der Waals surface area contributed by atoms with Crippen LogP contribution in [-0.2, 0) is 17.9 Å². The average Bonchev–Trinajstić information content (AvgIpc) is 3.47. The third kappa shape index (κ3) is 3.23. The van der Waals surface area contributed by atoms with Crippen LogP contribution in [0.1, 0.15) is 30.0 Å². The van der Waals surface area contributed by atoms with Gasteiger partial charge in [-0.05, 0) is 45.5 Å². The second kappa shape index (κ2) is 6.81. The lowest BCUT2D eigenvalue weighted by atomic mass is 9.97. The van der Waals surface area contributed by atoms with Gasteiger partial charge in [-0.1, -0.05) is 60.3 Å². The van der Waals surface area contributed by atoms with Crippen LogP contribution in [0.5, 0.6) is 0 Å². The van der Waals surface area contributed by atoms with Crippen molar-refractivity contribution < 1.29 is 4.79 Å². The summed E-state index contributed by atoms with van der Waals surface area (Å²) in [6.07, 6.45) is 2.23. The fourth-order valence-corrected chi connectivity index (χ4v) is 4.38. The summed E-state index contributed by atoms with van der Waals surface area (Å²) in [4.78, 5) is 14.9. The van der Waals surface area contributed by atoms with E-state index < -0.39 is 0 Å². The molecule has 1 aliphatic heterocycles. The normalized spacial score (nSPS) is 15.8. The van der Waals surface area contributed by atoms with Crippen molar-refractivity contribution >= 4 is 17.7 Å². The maximum absolute atomic E-state index is 13.0. The predicted molar refractivity (Wildman–Crippen MR) is 103 cm³/mol. The van der Waals surface area contributed by atoms with E-state index in [2.05, 4.69) is 51.9 Å². The largest absolute Gasteiger partial charge is 0.333 e. The van der Waals surface area contributed by atoms with E-state index in [-0.39, 0.29) is 5.91 Å². The number of nitrogens with zero attached hydrogens (tertiary/aromatic N) is 5. The number of carbonyl (C=O) groups excluding carboxylic acids is 1. The molecule has 5 rings (SSSR count). The number of tetrazole rings is 1. The summed E-state index contributed by atoms with van der Waals surface area (Å²) in [6.45, 7) is 1.25. The van der Waals surface area contributed by atoms with Crippen LogP contribution in [0.15, 0.2) is 53.7 Å². The minimum Gasteiger partial charge on any atom is -0.333 e. The van der Waals surface area contributed by atoms with Crippen LogP contribution in [-0.4, -0.2) is 36.8 Å². The Bertz CT molecular complexity index is 950. The first-order valence-corrected chi connectivity index (χ1v) is 10.1. The quantitative estimate of drug-likeness (QED) is 0.653. The number of aromatic nitrogens is 4. The summed E-state index contributed by atoms with van der Waals surface area (Å²) in [6, 6.07) is 17.1. The zero-order valence-electron chi connectivity index (χ0n) is 14.8. The molecule has 2 heterocycles. The Hall–Kier alpha value is -2.67. The molecule has 0 saturated heterocycles. The van der Waals surface area contributed by atoms with Gasteiger partial charge < -0.3 is 4.90 Å². The van der Waals surface area contributed by atoms with E-state index in [1.807, 2.05) is 21.7 Å². The van der Waals surface area contributed by atoms with Gasteiger partial charge in [-0.15, -0.1) is 5.10 Å². The standard InChI is InChI=1S/C20H19N5OS/c26-19(13-27-20-21-22-23-25(20)16-9-10-16)24-11-14-5-1-3-7-17(14)18-8-4-2-6-15(18)12-24/h1-8,16H,9-13H2. The molecule has 0 spiro atoms. The Morgan fingerprint density at radius 3 is 2.26 bits per heavy atom. The van der Waals surface area contributed by atoms with Crippen LogP contribution in [0.3, 0.4) is 0 Å². The van der Waals surface area contributed by atoms with Crippen LogP contribution in [0.4, 0.5) is 0 Å². The van der Waals surface area contributed by atoms with E-state index in [9.17, 15) is 4.79 Å². The van der Waals surface area contributed by atoms with Gasteiger partial charge in [0.1, 0.15) is 0 Å². The van der Waals surface area contributed by atoms with Crippen LogP contribution in [0.2, 0.25) is 0 Å². The number of hydrogen-bond acceptors (Lipinski definition) is 5. The van der Waals surface area contributed by atoms with Crippen molar-refractivity contribution in [3.8, 4) is 11.1 Å². The van der Waals surface area contributed by atoms with E-state index >= 15 is 0 Å². The molecule has 0 bridgehead atoms. The molecule has 1 amide bonds. The molecule has 6 nitrogen and oxygen atoms in total. The number of hydrogen-bond donors (Lipinski definition) is 0. The number of benzene rings is 2. The van der Waals surface area contributed by atoms with E-state index in [0.29, 0.717) is 24.9 Å². The van der Waals surface area contributed by atoms with Crippen molar-refractivity contribution in [2.24, 2.45) is 0 Å². The second-order valence-electron chi connectivity index (χ2n) is 6.99. The lowest BCUT2D eigenvalue weighted by molar-refractivity contribution is -0.129. The molecule has 7 heteroatoms. The first kappa shape index (κ1) is 16.5. The van der Waals surface area contributed by atoms with Gasteiger partial charge in [0.15, 0.2) is 0 Å². The van der Waals surface area contributed by atoms with Crippen LogP contribution in [0, 0.1) is 0 Å². The molecule has 1 aromatic heterocycles. The van der Waals surface area contributed by atoms with Gasteiger partial charge in [0.25, 0.3) is 0 Å². The summed E-state index contributed by atoms with van der Waals surface area (Å²) < 4.78 is 1.85. The summed E-state index contributed by atoms with van der Waals surface area (Å²) in [5, 5.41) is 12.6. The zero-order valence-corrected chi connectivity index (χ0v) is 15.6. The SMILES string of the molecule is O=C(CSc1nnnn1C1CC1)N1Cc2ccccc2-c2ccccc2C1. The summed E-state index contributed by atoms with van der Waals surface area (Å²) in [7, 11) is 0. The first-order valence-electron chi connectivity index (χ1n) is 9.14. The average molecular weight is 377 g/mol. The molecule has 1 fully saturated rings. The van der Waals surface area contributed by atoms with Crippen LogP contribution >= 0.6 is 11.8 Å². The number of carbonyl (C=O) groups is 1. The van der Waals surface area contributed by atoms with Crippen molar-refractivity contribution in [2.45, 2.75) is 37.1 Å². The van der Waals surface area contributed by atoms with Crippen molar-refractivity contribution in [1.82, 2.24) is 25.1 Å². The lowest BCUT2D eigenvalue weighted by Crippen LogP contribution is -2.31. The monoisotopic (exact) mass is 377 g/mol. The van der Waals surface area contributed by atoms with Crippen molar-refractivity contribution in [3.63, 3.8) is 0 Å². The highest BCUT2D eigenvalue weighted by Gasteiger charge is 2.29. The maximum Gasteiger partial charge on any atom is 0.233 e. The minimum atomic E-state index is 0.108. The Balaban J connectivity index is 1.37. The molecule has 2 aromatic carbocycles. The molecule has 2 aliphatic rings. The molecule has 1 saturated carbocycles. The topological polar surface area (TPSA) is 63.9 Å². The van der Waals surface area contributed by atoms with Gasteiger partial charge in [0.05, 0.1) is 11.8 Å². The van der Waals surface area contributed by atoms with Crippen molar-refractivity contribution in [3.05, 3.63) is 59.7 Å². The minimum absolute atomic E-state index is 0.108. The Kier molecular flexibility index (Phi) is 4.16. The summed E-state index contributed by atoms with van der Waals surface area (Å²) in [5.41, 5.74) is 4.80. The Labute approximate surface area is 161 Å². The van der Waals surface area contributed by atoms with E-state index in [4.69, 9.17) is 0 Å². The molecule has 1 aliphatic carbocycles. The fraction of sp³-hybridized carbons (Fsp3) is 0.300. The molecule has 0 radical (unpaired) electrons. The highest BCUT2D eigenvalue weighted by atomic mass is 32.2. The third-order valence-electron chi connectivity index (χ3n) is 5.08. The molecule has 3 aromatic rings. The van der Waals surface area contributed by atoms with E-state index in [0.717, 1.165) is 18.0 Å². The van der Waals surface area contributed by atoms with Crippen LogP contribution in [0.25, 0.3) is 11.1 Å². The molecule has 0 N–H and O–H groups in total. The second-order valence-corrected chi connectivity index (χ2v) is 7.93. The van der Waals surface area contributed by atoms with Gasteiger partial charge in [0, 0.05) is 13.1 Å². The number of amides is 1. The fourth-order valence-electron chi connectivity index (χ4n) is 3.53. The molecular formula is C20H19N5OS. The van der Waals surface area contributed by atoms with Crippen molar-refractivity contribution in [1.29, 1.82) is 0 Å². The molecule has 0 atom stereocenters. The Morgan fingerprint density at radius 1 is 1.00 bits per heavy atom. The lowest BCUT2D eigenvalue weighted by Gasteiger charge is -2.21.